The minimum absolute atomic E-state index is 0.103. The highest BCUT2D eigenvalue weighted by molar-refractivity contribution is 6.09. The molecule has 0 radical (unpaired) electrons. The van der Waals surface area contributed by atoms with Gasteiger partial charge in [-0.25, -0.2) is 0 Å². The first kappa shape index (κ1) is 10.7. The van der Waals surface area contributed by atoms with E-state index in [1.54, 1.807) is 13.2 Å². The van der Waals surface area contributed by atoms with E-state index in [1.165, 1.54) is 4.68 Å². The van der Waals surface area contributed by atoms with E-state index in [-0.39, 0.29) is 5.78 Å². The molecule has 0 bridgehead atoms. The fraction of sp³-hybridized carbons (Fsp3) is 0.0714. The topological polar surface area (TPSA) is 47.8 Å². The standard InChI is InChI=1S/C14H11N3O/c1-17-9-13(15-16-17)14(18)12-7-6-10-4-2-3-5-11(10)8-12/h2-9H,1H3. The van der Waals surface area contributed by atoms with Crippen molar-refractivity contribution in [3.8, 4) is 0 Å². The summed E-state index contributed by atoms with van der Waals surface area (Å²) in [5.74, 6) is -0.103. The molecule has 4 nitrogen and oxygen atoms in total. The summed E-state index contributed by atoms with van der Waals surface area (Å²) in [5, 5.41) is 9.77. The lowest BCUT2D eigenvalue weighted by Crippen LogP contribution is -2.01. The molecule has 1 aromatic heterocycles. The van der Waals surface area contributed by atoms with Gasteiger partial charge < -0.3 is 0 Å². The number of hydrogen-bond donors (Lipinski definition) is 0. The van der Waals surface area contributed by atoms with Gasteiger partial charge in [-0.2, -0.15) is 0 Å². The summed E-state index contributed by atoms with van der Waals surface area (Å²) >= 11 is 0. The zero-order chi connectivity index (χ0) is 12.5. The zero-order valence-corrected chi connectivity index (χ0v) is 9.87. The van der Waals surface area contributed by atoms with Crippen LogP contribution in [0.3, 0.4) is 0 Å². The maximum atomic E-state index is 12.2. The van der Waals surface area contributed by atoms with Crippen LogP contribution in [0.5, 0.6) is 0 Å². The van der Waals surface area contributed by atoms with Crippen molar-refractivity contribution in [2.45, 2.75) is 0 Å². The van der Waals surface area contributed by atoms with Crippen molar-refractivity contribution in [2.75, 3.05) is 0 Å². The van der Waals surface area contributed by atoms with Gasteiger partial charge in [-0.05, 0) is 16.8 Å². The van der Waals surface area contributed by atoms with Crippen LogP contribution >= 0.6 is 0 Å². The second kappa shape index (κ2) is 4.07. The first-order valence-electron chi connectivity index (χ1n) is 5.64. The molecule has 18 heavy (non-hydrogen) atoms. The summed E-state index contributed by atoms with van der Waals surface area (Å²) in [4.78, 5) is 12.2. The molecule has 88 valence electrons. The monoisotopic (exact) mass is 237 g/mol. The smallest absolute Gasteiger partial charge is 0.214 e. The van der Waals surface area contributed by atoms with Crippen LogP contribution in [0.25, 0.3) is 10.8 Å². The van der Waals surface area contributed by atoms with Gasteiger partial charge in [0.25, 0.3) is 0 Å². The van der Waals surface area contributed by atoms with Crippen LogP contribution in [0.4, 0.5) is 0 Å². The van der Waals surface area contributed by atoms with Crippen LogP contribution in [-0.4, -0.2) is 20.8 Å². The molecule has 3 rings (SSSR count). The van der Waals surface area contributed by atoms with Gasteiger partial charge in [-0.15, -0.1) is 5.10 Å². The third kappa shape index (κ3) is 1.78. The number of carbonyl (C=O) groups is 1. The summed E-state index contributed by atoms with van der Waals surface area (Å²) in [6.45, 7) is 0. The summed E-state index contributed by atoms with van der Waals surface area (Å²) in [5.41, 5.74) is 1.00. The molecule has 3 aromatic rings. The number of nitrogens with zero attached hydrogens (tertiary/aromatic N) is 3. The van der Waals surface area contributed by atoms with Gasteiger partial charge in [0, 0.05) is 12.6 Å². The van der Waals surface area contributed by atoms with E-state index < -0.39 is 0 Å². The van der Waals surface area contributed by atoms with Crippen LogP contribution in [0.2, 0.25) is 0 Å². The Labute approximate surface area is 104 Å². The van der Waals surface area contributed by atoms with E-state index in [0.29, 0.717) is 11.3 Å². The fourth-order valence-electron chi connectivity index (χ4n) is 1.93. The normalized spacial score (nSPS) is 10.7. The lowest BCUT2D eigenvalue weighted by atomic mass is 10.0. The van der Waals surface area contributed by atoms with Crippen LogP contribution in [-0.2, 0) is 7.05 Å². The van der Waals surface area contributed by atoms with E-state index in [4.69, 9.17) is 0 Å². The maximum Gasteiger partial charge on any atom is 0.214 e. The number of hydrogen-bond acceptors (Lipinski definition) is 3. The van der Waals surface area contributed by atoms with Crippen molar-refractivity contribution in [3.63, 3.8) is 0 Å². The first-order valence-corrected chi connectivity index (χ1v) is 5.64. The predicted molar refractivity (Wildman–Crippen MR) is 68.4 cm³/mol. The fourth-order valence-corrected chi connectivity index (χ4v) is 1.93. The van der Waals surface area contributed by atoms with E-state index in [2.05, 4.69) is 10.3 Å². The number of benzene rings is 2. The van der Waals surface area contributed by atoms with E-state index in [1.807, 2.05) is 42.5 Å². The van der Waals surface area contributed by atoms with E-state index in [0.717, 1.165) is 10.8 Å². The number of fused-ring (bicyclic) bond motifs is 1. The lowest BCUT2D eigenvalue weighted by Gasteiger charge is -2.00. The van der Waals surface area contributed by atoms with Crippen LogP contribution < -0.4 is 0 Å². The van der Waals surface area contributed by atoms with Gasteiger partial charge in [0.15, 0.2) is 5.69 Å². The summed E-state index contributed by atoms with van der Waals surface area (Å²) < 4.78 is 1.52. The van der Waals surface area contributed by atoms with Crippen LogP contribution in [0.1, 0.15) is 16.1 Å². The minimum Gasteiger partial charge on any atom is -0.287 e. The molecule has 0 unspecified atom stereocenters. The Morgan fingerprint density at radius 3 is 2.61 bits per heavy atom. The molecule has 0 saturated heterocycles. The average Bonchev–Trinajstić information content (AvgIpc) is 2.84. The van der Waals surface area contributed by atoms with Crippen molar-refractivity contribution in [1.82, 2.24) is 15.0 Å². The number of aromatic nitrogens is 3. The average molecular weight is 237 g/mol. The molecule has 0 amide bonds. The molecule has 4 heteroatoms. The van der Waals surface area contributed by atoms with Crippen molar-refractivity contribution < 1.29 is 4.79 Å². The number of rotatable bonds is 2. The van der Waals surface area contributed by atoms with Crippen molar-refractivity contribution in [1.29, 1.82) is 0 Å². The second-order valence-electron chi connectivity index (χ2n) is 4.17. The maximum absolute atomic E-state index is 12.2. The molecule has 0 atom stereocenters. The summed E-state index contributed by atoms with van der Waals surface area (Å²) in [6.07, 6.45) is 1.62. The molecular formula is C14H11N3O. The second-order valence-corrected chi connectivity index (χ2v) is 4.17. The van der Waals surface area contributed by atoms with Gasteiger partial charge in [0.1, 0.15) is 0 Å². The largest absolute Gasteiger partial charge is 0.287 e. The van der Waals surface area contributed by atoms with E-state index >= 15 is 0 Å². The van der Waals surface area contributed by atoms with Crippen LogP contribution in [0, 0.1) is 0 Å². The highest BCUT2D eigenvalue weighted by atomic mass is 16.1. The quantitative estimate of drug-likeness (QED) is 0.642. The molecule has 1 heterocycles. The number of carbonyl (C=O) groups excluding carboxylic acids is 1. The Kier molecular flexibility index (Phi) is 2.41. The minimum atomic E-state index is -0.103. The van der Waals surface area contributed by atoms with Crippen LogP contribution in [0.15, 0.2) is 48.7 Å². The van der Waals surface area contributed by atoms with Gasteiger partial charge in [0.05, 0.1) is 6.20 Å². The molecule has 0 N–H and O–H groups in total. The highest BCUT2D eigenvalue weighted by Gasteiger charge is 2.12. The van der Waals surface area contributed by atoms with Gasteiger partial charge in [-0.3, -0.25) is 9.48 Å². The zero-order valence-electron chi connectivity index (χ0n) is 9.87. The van der Waals surface area contributed by atoms with Gasteiger partial charge >= 0.3 is 0 Å². The molecule has 0 saturated carbocycles. The number of aryl methyl sites for hydroxylation is 1. The summed E-state index contributed by atoms with van der Waals surface area (Å²) in [7, 11) is 1.74. The lowest BCUT2D eigenvalue weighted by molar-refractivity contribution is 0.103. The highest BCUT2D eigenvalue weighted by Crippen LogP contribution is 2.17. The molecule has 0 aliphatic heterocycles. The SMILES string of the molecule is Cn1cc(C(=O)c2ccc3ccccc3c2)nn1. The Balaban J connectivity index is 2.06. The molecular weight excluding hydrogens is 226 g/mol. The van der Waals surface area contributed by atoms with Gasteiger partial charge in [0.2, 0.25) is 5.78 Å². The third-order valence-corrected chi connectivity index (χ3v) is 2.85. The van der Waals surface area contributed by atoms with Crippen molar-refractivity contribution in [3.05, 3.63) is 59.9 Å². The Bertz CT molecular complexity index is 730. The molecule has 2 aromatic carbocycles. The Morgan fingerprint density at radius 1 is 1.11 bits per heavy atom. The first-order chi connectivity index (χ1) is 8.74. The molecule has 0 aliphatic carbocycles. The predicted octanol–water partition coefficient (Wildman–Crippen LogP) is 2.20. The molecule has 0 spiro atoms. The Hall–Kier alpha value is -2.49. The van der Waals surface area contributed by atoms with Crippen molar-refractivity contribution in [2.24, 2.45) is 7.05 Å². The van der Waals surface area contributed by atoms with E-state index in [9.17, 15) is 4.79 Å². The molecule has 0 aliphatic rings. The van der Waals surface area contributed by atoms with Gasteiger partial charge in [-0.1, -0.05) is 41.6 Å². The molecule has 0 fully saturated rings. The third-order valence-electron chi connectivity index (χ3n) is 2.85. The van der Waals surface area contributed by atoms with Crippen molar-refractivity contribution >= 4 is 16.6 Å². The summed E-state index contributed by atoms with van der Waals surface area (Å²) in [6, 6.07) is 13.6. The Morgan fingerprint density at radius 2 is 1.89 bits per heavy atom. The number of ketones is 1.